The summed E-state index contributed by atoms with van der Waals surface area (Å²) in [5, 5.41) is 10.4. The van der Waals surface area contributed by atoms with Gasteiger partial charge >= 0.3 is 5.97 Å². The number of allylic oxidation sites excluding steroid dienone is 2. The highest BCUT2D eigenvalue weighted by Crippen LogP contribution is 2.44. The van der Waals surface area contributed by atoms with E-state index in [1.807, 2.05) is 0 Å². The van der Waals surface area contributed by atoms with Crippen LogP contribution in [0.25, 0.3) is 0 Å². The van der Waals surface area contributed by atoms with Crippen LogP contribution in [0.5, 0.6) is 0 Å². The number of ether oxygens (including phenoxy) is 1. The topological polar surface area (TPSA) is 64.3 Å². The zero-order valence-electron chi connectivity index (χ0n) is 16.5. The summed E-state index contributed by atoms with van der Waals surface area (Å²) in [5.41, 5.74) is -1.84. The number of hydrogen-bond donors (Lipinski definition) is 1. The van der Waals surface area contributed by atoms with E-state index in [1.54, 1.807) is 59.5 Å². The summed E-state index contributed by atoms with van der Waals surface area (Å²) >= 11 is 0. The fourth-order valence-corrected chi connectivity index (χ4v) is 3.98. The quantitative estimate of drug-likeness (QED) is 0.622. The molecule has 1 aliphatic carbocycles. The average Bonchev–Trinajstić information content (AvgIpc) is 3.31. The van der Waals surface area contributed by atoms with Crippen molar-refractivity contribution in [2.75, 3.05) is 6.61 Å². The Morgan fingerprint density at radius 1 is 1.00 bits per heavy atom. The van der Waals surface area contributed by atoms with Gasteiger partial charge in [-0.15, -0.1) is 0 Å². The Morgan fingerprint density at radius 2 is 1.65 bits per heavy atom. The first-order valence-corrected chi connectivity index (χ1v) is 9.71. The second-order valence-corrected chi connectivity index (χ2v) is 7.23. The van der Waals surface area contributed by atoms with Crippen LogP contribution in [0.15, 0.2) is 91.6 Å². The van der Waals surface area contributed by atoms with Gasteiger partial charge in [0, 0.05) is 12.4 Å². The van der Waals surface area contributed by atoms with Gasteiger partial charge in [0.1, 0.15) is 17.2 Å². The molecule has 7 heteroatoms. The third-order valence-corrected chi connectivity index (χ3v) is 5.49. The molecule has 158 valence electrons. The van der Waals surface area contributed by atoms with E-state index in [4.69, 9.17) is 4.74 Å². The molecule has 1 aromatic heterocycles. The molecule has 0 aliphatic heterocycles. The highest BCUT2D eigenvalue weighted by atomic mass is 19.1. The molecule has 1 aliphatic rings. The third kappa shape index (κ3) is 3.57. The van der Waals surface area contributed by atoms with Gasteiger partial charge in [0.05, 0.1) is 12.9 Å². The zero-order chi connectivity index (χ0) is 21.9. The maximum Gasteiger partial charge on any atom is 0.343 e. The molecule has 1 heterocycles. The number of rotatable bonds is 7. The van der Waals surface area contributed by atoms with E-state index in [-0.39, 0.29) is 12.4 Å². The summed E-state index contributed by atoms with van der Waals surface area (Å²) in [6, 6.07) is 11.6. The fourth-order valence-electron chi connectivity index (χ4n) is 3.98. The van der Waals surface area contributed by atoms with Crippen LogP contribution in [0.2, 0.25) is 0 Å². The predicted molar refractivity (Wildman–Crippen MR) is 110 cm³/mol. The normalized spacial score (nSPS) is 22.5. The molecule has 0 saturated heterocycles. The van der Waals surface area contributed by atoms with Crippen LogP contribution in [0, 0.1) is 11.6 Å². The van der Waals surface area contributed by atoms with Crippen LogP contribution < -0.4 is 0 Å². The van der Waals surface area contributed by atoms with E-state index in [2.05, 4.69) is 4.98 Å². The predicted octanol–water partition coefficient (Wildman–Crippen LogP) is 4.11. The van der Waals surface area contributed by atoms with Gasteiger partial charge < -0.3 is 14.4 Å². The molecular formula is C24H20F2N2O3. The van der Waals surface area contributed by atoms with Gasteiger partial charge in [-0.05, 0) is 47.9 Å². The lowest BCUT2D eigenvalue weighted by molar-refractivity contribution is -0.168. The van der Waals surface area contributed by atoms with Gasteiger partial charge in [-0.2, -0.15) is 0 Å². The minimum absolute atomic E-state index is 0.0632. The zero-order valence-corrected chi connectivity index (χ0v) is 16.5. The minimum Gasteiger partial charge on any atom is -0.479 e. The van der Waals surface area contributed by atoms with E-state index in [0.29, 0.717) is 12.0 Å². The number of benzene rings is 2. The van der Waals surface area contributed by atoms with E-state index >= 15 is 0 Å². The molecule has 0 spiro atoms. The first-order chi connectivity index (χ1) is 15.0. The number of hydrogen-bond acceptors (Lipinski definition) is 3. The Bertz CT molecular complexity index is 1110. The number of aromatic nitrogens is 2. The van der Waals surface area contributed by atoms with Gasteiger partial charge in [-0.3, -0.25) is 0 Å². The van der Waals surface area contributed by atoms with Crippen molar-refractivity contribution < 1.29 is 23.4 Å². The summed E-state index contributed by atoms with van der Waals surface area (Å²) in [6.07, 6.45) is 11.6. The summed E-state index contributed by atoms with van der Waals surface area (Å²) in [4.78, 5) is 16.8. The van der Waals surface area contributed by atoms with E-state index in [9.17, 15) is 18.7 Å². The lowest BCUT2D eigenvalue weighted by Crippen LogP contribution is -2.61. The van der Waals surface area contributed by atoms with Crippen molar-refractivity contribution in [3.63, 3.8) is 0 Å². The molecule has 2 aromatic carbocycles. The number of carboxylic acid groups (broad SMARTS) is 1. The monoisotopic (exact) mass is 422 g/mol. The van der Waals surface area contributed by atoms with Crippen molar-refractivity contribution in [2.24, 2.45) is 0 Å². The molecule has 0 bridgehead atoms. The van der Waals surface area contributed by atoms with Gasteiger partial charge in [-0.25, -0.2) is 18.6 Å². The van der Waals surface area contributed by atoms with Crippen molar-refractivity contribution >= 4 is 5.97 Å². The van der Waals surface area contributed by atoms with Gasteiger partial charge in [0.2, 0.25) is 5.60 Å². The van der Waals surface area contributed by atoms with Gasteiger partial charge in [-0.1, -0.05) is 42.5 Å². The van der Waals surface area contributed by atoms with Crippen LogP contribution in [0.1, 0.15) is 11.1 Å². The SMILES string of the molecule is O=C(O)C1(OCCc2ccc(F)cc2)C=CC=CC1(c1ccc(F)cc1)n1ccnc1. The van der Waals surface area contributed by atoms with Crippen molar-refractivity contribution in [3.05, 3.63) is 114 Å². The van der Waals surface area contributed by atoms with Crippen molar-refractivity contribution in [1.29, 1.82) is 0 Å². The number of nitrogens with zero attached hydrogens (tertiary/aromatic N) is 2. The Balaban J connectivity index is 1.78. The maximum atomic E-state index is 13.7. The number of carboxylic acids is 1. The Kier molecular flexibility index (Phi) is 5.52. The van der Waals surface area contributed by atoms with Gasteiger partial charge in [0.25, 0.3) is 0 Å². The van der Waals surface area contributed by atoms with Crippen molar-refractivity contribution in [3.8, 4) is 0 Å². The molecule has 2 unspecified atom stereocenters. The molecular weight excluding hydrogens is 402 g/mol. The molecule has 2 atom stereocenters. The number of carbonyl (C=O) groups is 1. The lowest BCUT2D eigenvalue weighted by atomic mass is 9.71. The largest absolute Gasteiger partial charge is 0.479 e. The molecule has 0 fully saturated rings. The van der Waals surface area contributed by atoms with E-state index in [1.165, 1.54) is 36.7 Å². The van der Waals surface area contributed by atoms with Crippen LogP contribution in [-0.2, 0) is 21.5 Å². The Labute approximate surface area is 177 Å². The molecule has 0 radical (unpaired) electrons. The van der Waals surface area contributed by atoms with E-state index < -0.39 is 22.9 Å². The van der Waals surface area contributed by atoms with Crippen LogP contribution >= 0.6 is 0 Å². The van der Waals surface area contributed by atoms with Crippen LogP contribution in [-0.4, -0.2) is 32.8 Å². The fraction of sp³-hybridized carbons (Fsp3) is 0.167. The molecule has 5 nitrogen and oxygen atoms in total. The molecule has 4 rings (SSSR count). The smallest absolute Gasteiger partial charge is 0.343 e. The van der Waals surface area contributed by atoms with Crippen LogP contribution in [0.3, 0.4) is 0 Å². The summed E-state index contributed by atoms with van der Waals surface area (Å²) in [7, 11) is 0. The molecule has 31 heavy (non-hydrogen) atoms. The standard InChI is InChI=1S/C24H20F2N2O3/c25-20-7-3-18(4-8-20)11-16-31-24(22(29)30)13-2-1-12-23(24,28-15-14-27-17-28)19-5-9-21(26)10-6-19/h1-10,12-15,17H,11,16H2,(H,29,30). The third-order valence-electron chi connectivity index (χ3n) is 5.49. The van der Waals surface area contributed by atoms with Gasteiger partial charge in [0.15, 0.2) is 0 Å². The second kappa shape index (κ2) is 8.28. The summed E-state index contributed by atoms with van der Waals surface area (Å²) in [6.45, 7) is 0.0632. The van der Waals surface area contributed by atoms with Crippen molar-refractivity contribution in [1.82, 2.24) is 9.55 Å². The first kappa shape index (κ1) is 20.7. The number of halogens is 2. The molecule has 0 saturated carbocycles. The lowest BCUT2D eigenvalue weighted by Gasteiger charge is -2.46. The Morgan fingerprint density at radius 3 is 2.26 bits per heavy atom. The highest BCUT2D eigenvalue weighted by Gasteiger charge is 2.58. The molecule has 3 aromatic rings. The Hall–Kier alpha value is -3.58. The molecule has 0 amide bonds. The van der Waals surface area contributed by atoms with Crippen molar-refractivity contribution in [2.45, 2.75) is 17.6 Å². The van der Waals surface area contributed by atoms with E-state index in [0.717, 1.165) is 5.56 Å². The number of imidazole rings is 1. The molecule has 1 N–H and O–H groups in total. The second-order valence-electron chi connectivity index (χ2n) is 7.23. The average molecular weight is 422 g/mol. The highest BCUT2D eigenvalue weighted by molar-refractivity contribution is 5.84. The first-order valence-electron chi connectivity index (χ1n) is 9.71. The number of aliphatic carboxylic acids is 1. The maximum absolute atomic E-state index is 13.7. The summed E-state index contributed by atoms with van der Waals surface area (Å²) < 4.78 is 34.6. The summed E-state index contributed by atoms with van der Waals surface area (Å²) in [5.74, 6) is -1.98. The van der Waals surface area contributed by atoms with Crippen LogP contribution in [0.4, 0.5) is 8.78 Å². The minimum atomic E-state index is -1.83.